The van der Waals surface area contributed by atoms with E-state index in [1.54, 1.807) is 18.2 Å². The van der Waals surface area contributed by atoms with Crippen LogP contribution in [0.4, 0.5) is 5.69 Å². The largest absolute Gasteiger partial charge is 0.506 e. The number of nitrogens with one attached hydrogen (secondary N) is 2. The van der Waals surface area contributed by atoms with E-state index in [1.807, 2.05) is 6.92 Å². The number of phenolic OH excluding ortho intramolecular Hbond substituents is 1. The Balaban J connectivity index is 1.91. The molecule has 2 rings (SSSR count). The summed E-state index contributed by atoms with van der Waals surface area (Å²) < 4.78 is 0. The molecule has 0 aliphatic heterocycles. The summed E-state index contributed by atoms with van der Waals surface area (Å²) in [6.07, 6.45) is 2.31. The van der Waals surface area contributed by atoms with Crippen LogP contribution in [0.3, 0.4) is 0 Å². The minimum Gasteiger partial charge on any atom is -0.506 e. The van der Waals surface area contributed by atoms with Gasteiger partial charge >= 0.3 is 0 Å². The molecule has 16 heavy (non-hydrogen) atoms. The number of anilines is 1. The van der Waals surface area contributed by atoms with Crippen molar-refractivity contribution in [1.82, 2.24) is 5.32 Å². The van der Waals surface area contributed by atoms with Gasteiger partial charge in [0.05, 0.1) is 12.2 Å². The molecule has 4 nitrogen and oxygen atoms in total. The summed E-state index contributed by atoms with van der Waals surface area (Å²) in [5.41, 5.74) is 1.48. The molecule has 0 atom stereocenters. The summed E-state index contributed by atoms with van der Waals surface area (Å²) in [6.45, 7) is 2.22. The first-order chi connectivity index (χ1) is 7.65. The standard InChI is InChI=1S/C12H16N2O2/c1-8-2-5-11(15)10(6-8)14-12(16)7-13-9-3-4-9/h2,5-6,9,13,15H,3-4,7H2,1H3,(H,14,16). The van der Waals surface area contributed by atoms with E-state index in [2.05, 4.69) is 10.6 Å². The second kappa shape index (κ2) is 4.53. The van der Waals surface area contributed by atoms with Crippen LogP contribution in [0.25, 0.3) is 0 Å². The van der Waals surface area contributed by atoms with Crippen LogP contribution in [0.5, 0.6) is 5.75 Å². The van der Waals surface area contributed by atoms with E-state index in [9.17, 15) is 9.90 Å². The van der Waals surface area contributed by atoms with E-state index in [4.69, 9.17) is 0 Å². The average molecular weight is 220 g/mol. The highest BCUT2D eigenvalue weighted by atomic mass is 16.3. The number of phenols is 1. The van der Waals surface area contributed by atoms with E-state index in [0.717, 1.165) is 18.4 Å². The third-order valence-electron chi connectivity index (χ3n) is 2.55. The molecule has 0 aromatic heterocycles. The topological polar surface area (TPSA) is 61.4 Å². The summed E-state index contributed by atoms with van der Waals surface area (Å²) in [5.74, 6) is -0.0156. The molecule has 4 heteroatoms. The van der Waals surface area contributed by atoms with Crippen LogP contribution in [-0.2, 0) is 4.79 Å². The maximum atomic E-state index is 11.5. The van der Waals surface area contributed by atoms with Gasteiger partial charge in [0.1, 0.15) is 5.75 Å². The fourth-order valence-corrected chi connectivity index (χ4v) is 1.47. The number of carbonyl (C=O) groups is 1. The molecule has 0 saturated heterocycles. The van der Waals surface area contributed by atoms with Crippen LogP contribution < -0.4 is 10.6 Å². The van der Waals surface area contributed by atoms with Crippen molar-refractivity contribution in [3.63, 3.8) is 0 Å². The van der Waals surface area contributed by atoms with Gasteiger partial charge in [0, 0.05) is 6.04 Å². The van der Waals surface area contributed by atoms with Gasteiger partial charge in [-0.05, 0) is 37.5 Å². The van der Waals surface area contributed by atoms with Gasteiger partial charge in [0.2, 0.25) is 5.91 Å². The van der Waals surface area contributed by atoms with Gasteiger partial charge in [-0.2, -0.15) is 0 Å². The Morgan fingerprint density at radius 2 is 2.25 bits per heavy atom. The monoisotopic (exact) mass is 220 g/mol. The molecule has 1 aromatic carbocycles. The first-order valence-electron chi connectivity index (χ1n) is 5.48. The number of amides is 1. The molecule has 86 valence electrons. The lowest BCUT2D eigenvalue weighted by molar-refractivity contribution is -0.115. The van der Waals surface area contributed by atoms with Crippen LogP contribution in [-0.4, -0.2) is 23.6 Å². The van der Waals surface area contributed by atoms with E-state index < -0.39 is 0 Å². The van der Waals surface area contributed by atoms with Crippen molar-refractivity contribution >= 4 is 11.6 Å². The van der Waals surface area contributed by atoms with Crippen LogP contribution in [0.2, 0.25) is 0 Å². The summed E-state index contributed by atoms with van der Waals surface area (Å²) in [7, 11) is 0. The molecule has 0 unspecified atom stereocenters. The van der Waals surface area contributed by atoms with Crippen LogP contribution in [0.1, 0.15) is 18.4 Å². The summed E-state index contributed by atoms with van der Waals surface area (Å²) >= 11 is 0. The Hall–Kier alpha value is -1.55. The first-order valence-corrected chi connectivity index (χ1v) is 5.48. The molecule has 1 amide bonds. The second-order valence-corrected chi connectivity index (χ2v) is 4.22. The zero-order valence-corrected chi connectivity index (χ0v) is 9.29. The molecule has 1 aliphatic carbocycles. The third-order valence-corrected chi connectivity index (χ3v) is 2.55. The van der Waals surface area contributed by atoms with Gasteiger partial charge in [0.15, 0.2) is 0 Å². The first kappa shape index (κ1) is 11.0. The number of rotatable bonds is 4. The highest BCUT2D eigenvalue weighted by molar-refractivity contribution is 5.93. The predicted molar refractivity (Wildman–Crippen MR) is 62.5 cm³/mol. The fraction of sp³-hybridized carbons (Fsp3) is 0.417. The van der Waals surface area contributed by atoms with Crippen molar-refractivity contribution in [2.24, 2.45) is 0 Å². The third kappa shape index (κ3) is 2.97. The normalized spacial score (nSPS) is 14.8. The van der Waals surface area contributed by atoms with Crippen molar-refractivity contribution in [1.29, 1.82) is 0 Å². The van der Waals surface area contributed by atoms with Gasteiger partial charge in [-0.1, -0.05) is 6.07 Å². The number of hydrogen-bond acceptors (Lipinski definition) is 3. The fourth-order valence-electron chi connectivity index (χ4n) is 1.47. The lowest BCUT2D eigenvalue weighted by Gasteiger charge is -2.08. The Morgan fingerprint density at radius 1 is 1.50 bits per heavy atom. The maximum absolute atomic E-state index is 11.5. The molecular weight excluding hydrogens is 204 g/mol. The van der Waals surface area contributed by atoms with E-state index >= 15 is 0 Å². The van der Waals surface area contributed by atoms with Crippen molar-refractivity contribution in [3.05, 3.63) is 23.8 Å². The molecule has 1 aromatic rings. The van der Waals surface area contributed by atoms with Crippen molar-refractivity contribution in [2.75, 3.05) is 11.9 Å². The molecule has 3 N–H and O–H groups in total. The molecule has 0 radical (unpaired) electrons. The number of benzene rings is 1. The molecule has 1 aliphatic rings. The molecule has 0 heterocycles. The second-order valence-electron chi connectivity index (χ2n) is 4.22. The Labute approximate surface area is 94.7 Å². The smallest absolute Gasteiger partial charge is 0.238 e. The highest BCUT2D eigenvalue weighted by Gasteiger charge is 2.21. The summed E-state index contributed by atoms with van der Waals surface area (Å²) in [5, 5.41) is 15.3. The summed E-state index contributed by atoms with van der Waals surface area (Å²) in [4.78, 5) is 11.5. The number of carbonyl (C=O) groups excluding carboxylic acids is 1. The van der Waals surface area contributed by atoms with Gasteiger partial charge in [0.25, 0.3) is 0 Å². The van der Waals surface area contributed by atoms with Crippen LogP contribution >= 0.6 is 0 Å². The van der Waals surface area contributed by atoms with Gasteiger partial charge in [-0.15, -0.1) is 0 Å². The molecular formula is C12H16N2O2. The van der Waals surface area contributed by atoms with Crippen LogP contribution in [0, 0.1) is 6.92 Å². The van der Waals surface area contributed by atoms with Crippen molar-refractivity contribution < 1.29 is 9.90 Å². The highest BCUT2D eigenvalue weighted by Crippen LogP contribution is 2.23. The Kier molecular flexibility index (Phi) is 3.10. The van der Waals surface area contributed by atoms with Gasteiger partial charge < -0.3 is 15.7 Å². The minimum absolute atomic E-state index is 0.102. The van der Waals surface area contributed by atoms with Gasteiger partial charge in [-0.25, -0.2) is 0 Å². The molecule has 1 fully saturated rings. The predicted octanol–water partition coefficient (Wildman–Crippen LogP) is 1.39. The van der Waals surface area contributed by atoms with E-state index in [1.165, 1.54) is 0 Å². The van der Waals surface area contributed by atoms with Crippen molar-refractivity contribution in [3.8, 4) is 5.75 Å². The van der Waals surface area contributed by atoms with E-state index in [-0.39, 0.29) is 11.7 Å². The number of aromatic hydroxyl groups is 1. The number of hydrogen-bond donors (Lipinski definition) is 3. The zero-order chi connectivity index (χ0) is 11.5. The minimum atomic E-state index is -0.118. The molecule has 0 bridgehead atoms. The Morgan fingerprint density at radius 3 is 2.94 bits per heavy atom. The molecule has 0 spiro atoms. The van der Waals surface area contributed by atoms with Crippen molar-refractivity contribution in [2.45, 2.75) is 25.8 Å². The lowest BCUT2D eigenvalue weighted by atomic mass is 10.2. The average Bonchev–Trinajstić information content (AvgIpc) is 3.04. The quantitative estimate of drug-likeness (QED) is 0.672. The Bertz CT molecular complexity index is 400. The maximum Gasteiger partial charge on any atom is 0.238 e. The lowest BCUT2D eigenvalue weighted by Crippen LogP contribution is -2.29. The van der Waals surface area contributed by atoms with Crippen LogP contribution in [0.15, 0.2) is 18.2 Å². The summed E-state index contributed by atoms with van der Waals surface area (Å²) in [6, 6.07) is 5.65. The molecule has 1 saturated carbocycles. The zero-order valence-electron chi connectivity index (χ0n) is 9.29. The van der Waals surface area contributed by atoms with E-state index in [0.29, 0.717) is 18.3 Å². The number of aryl methyl sites for hydroxylation is 1. The SMILES string of the molecule is Cc1ccc(O)c(NC(=O)CNC2CC2)c1. The van der Waals surface area contributed by atoms with Gasteiger partial charge in [-0.3, -0.25) is 4.79 Å².